The van der Waals surface area contributed by atoms with Crippen LogP contribution in [0.5, 0.6) is 5.75 Å². The maximum Gasteiger partial charge on any atom is 0.118 e. The van der Waals surface area contributed by atoms with E-state index in [0.717, 1.165) is 25.0 Å². The second-order valence-electron chi connectivity index (χ2n) is 5.38. The Labute approximate surface area is 127 Å². The summed E-state index contributed by atoms with van der Waals surface area (Å²) >= 11 is 0. The van der Waals surface area contributed by atoms with Gasteiger partial charge in [0.25, 0.3) is 0 Å². The zero-order chi connectivity index (χ0) is 15.1. The van der Waals surface area contributed by atoms with Crippen LogP contribution in [0.3, 0.4) is 0 Å². The summed E-state index contributed by atoms with van der Waals surface area (Å²) in [4.78, 5) is 0. The molecule has 0 aliphatic rings. The van der Waals surface area contributed by atoms with E-state index >= 15 is 0 Å². The fourth-order valence-electron chi connectivity index (χ4n) is 2.48. The molecule has 0 heterocycles. The number of aryl methyl sites for hydroxylation is 2. The molecule has 112 valence electrons. The minimum atomic E-state index is 0.285. The summed E-state index contributed by atoms with van der Waals surface area (Å²) in [5.74, 6) is 6.61. The van der Waals surface area contributed by atoms with E-state index in [1.165, 1.54) is 16.7 Å². The van der Waals surface area contributed by atoms with E-state index in [9.17, 15) is 0 Å². The summed E-state index contributed by atoms with van der Waals surface area (Å²) < 4.78 is 5.18. The molecule has 0 saturated heterocycles. The van der Waals surface area contributed by atoms with Gasteiger partial charge in [-0.05, 0) is 55.0 Å². The van der Waals surface area contributed by atoms with E-state index in [-0.39, 0.29) is 6.04 Å². The fraction of sp³-hybridized carbons (Fsp3) is 0.333. The maximum absolute atomic E-state index is 5.71. The van der Waals surface area contributed by atoms with Gasteiger partial charge in [0, 0.05) is 6.04 Å². The zero-order valence-electron chi connectivity index (χ0n) is 12.8. The Bertz CT molecular complexity index is 551. The Morgan fingerprint density at radius 1 is 1.10 bits per heavy atom. The molecule has 0 bridgehead atoms. The number of hydrogen-bond acceptors (Lipinski definition) is 3. The third-order valence-corrected chi connectivity index (χ3v) is 3.90. The Balaban J connectivity index is 1.91. The fourth-order valence-corrected chi connectivity index (χ4v) is 2.48. The van der Waals surface area contributed by atoms with Crippen molar-refractivity contribution in [2.75, 3.05) is 7.11 Å². The molecule has 1 unspecified atom stereocenters. The van der Waals surface area contributed by atoms with Crippen LogP contribution in [-0.2, 0) is 12.8 Å². The molecule has 3 nitrogen and oxygen atoms in total. The maximum atomic E-state index is 5.71. The number of benzene rings is 2. The number of hydrazine groups is 1. The van der Waals surface area contributed by atoms with Gasteiger partial charge in [0.15, 0.2) is 0 Å². The first-order valence-electron chi connectivity index (χ1n) is 7.36. The zero-order valence-corrected chi connectivity index (χ0v) is 12.8. The largest absolute Gasteiger partial charge is 0.497 e. The lowest BCUT2D eigenvalue weighted by Crippen LogP contribution is -2.37. The first-order chi connectivity index (χ1) is 10.2. The van der Waals surface area contributed by atoms with Crippen LogP contribution in [-0.4, -0.2) is 13.2 Å². The van der Waals surface area contributed by atoms with Gasteiger partial charge in [0.05, 0.1) is 7.11 Å². The third kappa shape index (κ3) is 4.59. The summed E-state index contributed by atoms with van der Waals surface area (Å²) in [5, 5.41) is 0. The summed E-state index contributed by atoms with van der Waals surface area (Å²) in [6, 6.07) is 17.0. The Hall–Kier alpha value is -1.84. The van der Waals surface area contributed by atoms with Crippen molar-refractivity contribution in [2.45, 2.75) is 32.2 Å². The van der Waals surface area contributed by atoms with E-state index in [4.69, 9.17) is 10.6 Å². The Morgan fingerprint density at radius 3 is 2.43 bits per heavy atom. The highest BCUT2D eigenvalue weighted by atomic mass is 16.5. The van der Waals surface area contributed by atoms with Crippen LogP contribution in [0.1, 0.15) is 23.1 Å². The van der Waals surface area contributed by atoms with Crippen LogP contribution in [0.2, 0.25) is 0 Å². The highest BCUT2D eigenvalue weighted by Gasteiger charge is 2.09. The topological polar surface area (TPSA) is 47.3 Å². The molecule has 0 aliphatic heterocycles. The second kappa shape index (κ2) is 7.81. The van der Waals surface area contributed by atoms with Gasteiger partial charge in [-0.2, -0.15) is 0 Å². The molecule has 21 heavy (non-hydrogen) atoms. The van der Waals surface area contributed by atoms with Gasteiger partial charge in [-0.25, -0.2) is 0 Å². The molecule has 0 fully saturated rings. The highest BCUT2D eigenvalue weighted by Crippen LogP contribution is 2.15. The highest BCUT2D eigenvalue weighted by molar-refractivity contribution is 5.28. The van der Waals surface area contributed by atoms with Crippen molar-refractivity contribution in [2.24, 2.45) is 5.84 Å². The molecule has 0 aliphatic carbocycles. The first-order valence-corrected chi connectivity index (χ1v) is 7.36. The van der Waals surface area contributed by atoms with E-state index < -0.39 is 0 Å². The van der Waals surface area contributed by atoms with Crippen LogP contribution in [0, 0.1) is 6.92 Å². The van der Waals surface area contributed by atoms with E-state index in [0.29, 0.717) is 0 Å². The van der Waals surface area contributed by atoms with Crippen molar-refractivity contribution in [3.8, 4) is 5.75 Å². The van der Waals surface area contributed by atoms with Crippen LogP contribution in [0.4, 0.5) is 0 Å². The lowest BCUT2D eigenvalue weighted by atomic mass is 9.97. The number of hydrogen-bond donors (Lipinski definition) is 2. The predicted octanol–water partition coefficient (Wildman–Crippen LogP) is 3.01. The van der Waals surface area contributed by atoms with E-state index in [2.05, 4.69) is 48.7 Å². The molecule has 0 saturated carbocycles. The van der Waals surface area contributed by atoms with Crippen LogP contribution in [0.15, 0.2) is 48.5 Å². The number of nitrogens with one attached hydrogen (secondary N) is 1. The molecule has 0 radical (unpaired) electrons. The predicted molar refractivity (Wildman–Crippen MR) is 87.3 cm³/mol. The number of nitrogens with two attached hydrogens (primary N) is 1. The van der Waals surface area contributed by atoms with Crippen LogP contribution < -0.4 is 16.0 Å². The van der Waals surface area contributed by atoms with Gasteiger partial charge in [-0.1, -0.05) is 36.4 Å². The Kier molecular flexibility index (Phi) is 5.78. The van der Waals surface area contributed by atoms with Crippen molar-refractivity contribution >= 4 is 0 Å². The van der Waals surface area contributed by atoms with Crippen molar-refractivity contribution < 1.29 is 4.74 Å². The lowest BCUT2D eigenvalue weighted by molar-refractivity contribution is 0.414. The molecule has 3 heteroatoms. The van der Waals surface area contributed by atoms with Crippen molar-refractivity contribution in [3.63, 3.8) is 0 Å². The molecule has 3 N–H and O–H groups in total. The normalized spacial score (nSPS) is 12.1. The van der Waals surface area contributed by atoms with E-state index in [1.807, 2.05) is 12.1 Å². The van der Waals surface area contributed by atoms with Crippen LogP contribution >= 0.6 is 0 Å². The third-order valence-electron chi connectivity index (χ3n) is 3.90. The van der Waals surface area contributed by atoms with Crippen LogP contribution in [0.25, 0.3) is 0 Å². The van der Waals surface area contributed by atoms with Gasteiger partial charge < -0.3 is 4.74 Å². The monoisotopic (exact) mass is 284 g/mol. The molecular weight excluding hydrogens is 260 g/mol. The minimum absolute atomic E-state index is 0.285. The average Bonchev–Trinajstić information content (AvgIpc) is 2.53. The minimum Gasteiger partial charge on any atom is -0.497 e. The molecular formula is C18H24N2O. The number of rotatable bonds is 7. The van der Waals surface area contributed by atoms with E-state index in [1.54, 1.807) is 7.11 Å². The molecule has 2 rings (SSSR count). The molecule has 0 amide bonds. The molecule has 1 atom stereocenters. The smallest absolute Gasteiger partial charge is 0.118 e. The number of ether oxygens (including phenoxy) is 1. The molecule has 2 aromatic rings. The number of methoxy groups -OCH3 is 1. The molecule has 2 aromatic carbocycles. The van der Waals surface area contributed by atoms with Gasteiger partial charge in [-0.15, -0.1) is 0 Å². The summed E-state index contributed by atoms with van der Waals surface area (Å²) in [6.07, 6.45) is 2.97. The summed E-state index contributed by atoms with van der Waals surface area (Å²) in [7, 11) is 1.69. The standard InChI is InChI=1S/C18H24N2O/c1-14-5-3-4-6-16(14)13-17(20-19)10-7-15-8-11-18(21-2)12-9-15/h3-6,8-9,11-12,17,20H,7,10,13,19H2,1-2H3. The van der Waals surface area contributed by atoms with Gasteiger partial charge in [0.1, 0.15) is 5.75 Å². The summed E-state index contributed by atoms with van der Waals surface area (Å²) in [5.41, 5.74) is 6.93. The quantitative estimate of drug-likeness (QED) is 0.607. The van der Waals surface area contributed by atoms with Crippen molar-refractivity contribution in [1.82, 2.24) is 5.43 Å². The van der Waals surface area contributed by atoms with Crippen molar-refractivity contribution in [3.05, 3.63) is 65.2 Å². The summed E-state index contributed by atoms with van der Waals surface area (Å²) in [6.45, 7) is 2.15. The van der Waals surface area contributed by atoms with Gasteiger partial charge >= 0.3 is 0 Å². The first kappa shape index (κ1) is 15.5. The van der Waals surface area contributed by atoms with Crippen molar-refractivity contribution in [1.29, 1.82) is 0 Å². The van der Waals surface area contributed by atoms with Gasteiger partial charge in [0.2, 0.25) is 0 Å². The van der Waals surface area contributed by atoms with Gasteiger partial charge in [-0.3, -0.25) is 11.3 Å². The molecule has 0 aromatic heterocycles. The Morgan fingerprint density at radius 2 is 1.81 bits per heavy atom. The lowest BCUT2D eigenvalue weighted by Gasteiger charge is -2.17. The average molecular weight is 284 g/mol. The molecule has 0 spiro atoms. The SMILES string of the molecule is COc1ccc(CCC(Cc2ccccc2C)NN)cc1. The second-order valence-corrected chi connectivity index (χ2v) is 5.38.